The summed E-state index contributed by atoms with van der Waals surface area (Å²) in [5.41, 5.74) is 1.67. The largest absolute Gasteiger partial charge is 0.340 e. The molecule has 0 bridgehead atoms. The Morgan fingerprint density at radius 2 is 1.96 bits per heavy atom. The zero-order chi connectivity index (χ0) is 16.5. The molecule has 24 heavy (non-hydrogen) atoms. The van der Waals surface area contributed by atoms with Crippen LogP contribution in [-0.2, 0) is 11.3 Å². The monoisotopic (exact) mass is 330 g/mol. The van der Waals surface area contributed by atoms with Crippen LogP contribution in [0, 0.1) is 11.7 Å². The van der Waals surface area contributed by atoms with E-state index in [9.17, 15) is 9.18 Å². The number of piperazine rings is 1. The molecular weight excluding hydrogens is 307 g/mol. The van der Waals surface area contributed by atoms with Crippen molar-refractivity contribution in [2.45, 2.75) is 25.8 Å². The van der Waals surface area contributed by atoms with Crippen molar-refractivity contribution in [3.05, 3.63) is 30.3 Å². The number of fused-ring (bicyclic) bond motifs is 1. The number of benzene rings is 1. The Morgan fingerprint density at radius 1 is 1.17 bits per heavy atom. The van der Waals surface area contributed by atoms with Crippen molar-refractivity contribution in [2.75, 3.05) is 32.7 Å². The second-order valence-electron chi connectivity index (χ2n) is 6.87. The molecule has 128 valence electrons. The fourth-order valence-corrected chi connectivity index (χ4v) is 3.57. The van der Waals surface area contributed by atoms with Gasteiger partial charge in [-0.3, -0.25) is 9.69 Å². The van der Waals surface area contributed by atoms with Gasteiger partial charge in [0, 0.05) is 51.3 Å². The first-order chi connectivity index (χ1) is 11.7. The van der Waals surface area contributed by atoms with Gasteiger partial charge in [0.25, 0.3) is 0 Å². The number of nitrogens with zero attached hydrogens (tertiary/aromatic N) is 4. The van der Waals surface area contributed by atoms with Gasteiger partial charge in [0.2, 0.25) is 5.91 Å². The number of carbonyl (C=O) groups excluding carboxylic acids is 1. The molecule has 1 aliphatic carbocycles. The van der Waals surface area contributed by atoms with Gasteiger partial charge in [-0.1, -0.05) is 6.42 Å². The molecule has 1 aliphatic heterocycles. The first kappa shape index (κ1) is 15.6. The Bertz CT molecular complexity index is 732. The second kappa shape index (κ2) is 6.51. The molecule has 1 amide bonds. The lowest BCUT2D eigenvalue weighted by Crippen LogP contribution is -2.51. The molecule has 2 aromatic rings. The first-order valence-corrected chi connectivity index (χ1v) is 8.82. The minimum atomic E-state index is -0.250. The molecule has 1 aromatic heterocycles. The van der Waals surface area contributed by atoms with Gasteiger partial charge in [-0.05, 0) is 25.0 Å². The highest BCUT2D eigenvalue weighted by molar-refractivity contribution is 5.79. The molecule has 1 saturated carbocycles. The van der Waals surface area contributed by atoms with Crippen LogP contribution in [0.25, 0.3) is 11.0 Å². The maximum atomic E-state index is 13.2. The van der Waals surface area contributed by atoms with Crippen LogP contribution < -0.4 is 0 Å². The third kappa shape index (κ3) is 3.02. The van der Waals surface area contributed by atoms with E-state index in [0.717, 1.165) is 57.6 Å². The maximum absolute atomic E-state index is 13.2. The van der Waals surface area contributed by atoms with Gasteiger partial charge >= 0.3 is 0 Å². The highest BCUT2D eigenvalue weighted by Gasteiger charge is 2.31. The molecule has 2 aliphatic rings. The maximum Gasteiger partial charge on any atom is 0.225 e. The van der Waals surface area contributed by atoms with E-state index in [-0.39, 0.29) is 5.82 Å². The second-order valence-corrected chi connectivity index (χ2v) is 6.87. The van der Waals surface area contributed by atoms with E-state index in [4.69, 9.17) is 0 Å². The Labute approximate surface area is 141 Å². The van der Waals surface area contributed by atoms with Gasteiger partial charge in [-0.2, -0.15) is 0 Å². The molecule has 0 N–H and O–H groups in total. The van der Waals surface area contributed by atoms with Gasteiger partial charge in [-0.15, -0.1) is 0 Å². The lowest BCUT2D eigenvalue weighted by molar-refractivity contribution is -0.139. The summed E-state index contributed by atoms with van der Waals surface area (Å²) in [6.45, 7) is 5.29. The van der Waals surface area contributed by atoms with E-state index in [2.05, 4.69) is 14.5 Å². The summed E-state index contributed by atoms with van der Waals surface area (Å²) in [5, 5.41) is 0. The zero-order valence-electron chi connectivity index (χ0n) is 13.8. The van der Waals surface area contributed by atoms with Crippen molar-refractivity contribution in [3.8, 4) is 0 Å². The molecule has 0 radical (unpaired) electrons. The van der Waals surface area contributed by atoms with Crippen molar-refractivity contribution in [2.24, 2.45) is 5.92 Å². The predicted octanol–water partition coefficient (Wildman–Crippen LogP) is 2.12. The van der Waals surface area contributed by atoms with E-state index < -0.39 is 0 Å². The molecule has 4 rings (SSSR count). The Kier molecular flexibility index (Phi) is 4.22. The van der Waals surface area contributed by atoms with Crippen LogP contribution in [0.2, 0.25) is 0 Å². The van der Waals surface area contributed by atoms with Gasteiger partial charge < -0.3 is 9.47 Å². The number of hydrogen-bond acceptors (Lipinski definition) is 3. The van der Waals surface area contributed by atoms with E-state index in [1.54, 1.807) is 12.4 Å². The lowest BCUT2D eigenvalue weighted by atomic mass is 9.84. The van der Waals surface area contributed by atoms with Crippen molar-refractivity contribution in [1.82, 2.24) is 19.4 Å². The van der Waals surface area contributed by atoms with Gasteiger partial charge in [-0.25, -0.2) is 9.37 Å². The average molecular weight is 330 g/mol. The highest BCUT2D eigenvalue weighted by Crippen LogP contribution is 2.28. The molecule has 0 unspecified atom stereocenters. The van der Waals surface area contributed by atoms with E-state index in [1.165, 1.54) is 18.6 Å². The summed E-state index contributed by atoms with van der Waals surface area (Å²) in [4.78, 5) is 21.0. The van der Waals surface area contributed by atoms with Crippen molar-refractivity contribution >= 4 is 16.9 Å². The van der Waals surface area contributed by atoms with Crippen LogP contribution in [0.15, 0.2) is 24.5 Å². The van der Waals surface area contributed by atoms with Crippen LogP contribution in [0.5, 0.6) is 0 Å². The number of halogens is 1. The molecule has 0 spiro atoms. The lowest BCUT2D eigenvalue weighted by Gasteiger charge is -2.38. The number of hydrogen-bond donors (Lipinski definition) is 0. The molecule has 2 fully saturated rings. The summed E-state index contributed by atoms with van der Waals surface area (Å²) in [7, 11) is 0. The normalized spacial score (nSPS) is 19.6. The first-order valence-electron chi connectivity index (χ1n) is 8.82. The number of aromatic nitrogens is 2. The molecule has 1 saturated heterocycles. The molecule has 0 atom stereocenters. The fraction of sp³-hybridized carbons (Fsp3) is 0.556. The quantitative estimate of drug-likeness (QED) is 0.862. The van der Waals surface area contributed by atoms with Crippen LogP contribution in [0.4, 0.5) is 4.39 Å². The summed E-state index contributed by atoms with van der Waals surface area (Å²) < 4.78 is 15.3. The van der Waals surface area contributed by atoms with E-state index in [1.807, 2.05) is 4.90 Å². The molecule has 2 heterocycles. The van der Waals surface area contributed by atoms with Crippen LogP contribution in [0.3, 0.4) is 0 Å². The van der Waals surface area contributed by atoms with Gasteiger partial charge in [0.1, 0.15) is 5.82 Å². The zero-order valence-corrected chi connectivity index (χ0v) is 13.8. The van der Waals surface area contributed by atoms with Crippen LogP contribution in [-0.4, -0.2) is 58.0 Å². The van der Waals surface area contributed by atoms with E-state index >= 15 is 0 Å². The summed E-state index contributed by atoms with van der Waals surface area (Å²) >= 11 is 0. The van der Waals surface area contributed by atoms with Crippen LogP contribution in [0.1, 0.15) is 19.3 Å². The standard InChI is InChI=1S/C18H23FN4O/c19-15-4-5-17-16(12-15)20-13-23(17)11-8-21-6-9-22(10-7-21)18(24)14-2-1-3-14/h4-5,12-14H,1-3,6-11H2. The smallest absolute Gasteiger partial charge is 0.225 e. The number of imidazole rings is 1. The SMILES string of the molecule is O=C(C1CCC1)N1CCN(CCn2cnc3cc(F)ccc32)CC1. The number of rotatable bonds is 4. The molecule has 5 nitrogen and oxygen atoms in total. The van der Waals surface area contributed by atoms with Crippen molar-refractivity contribution in [1.29, 1.82) is 0 Å². The molecule has 1 aromatic carbocycles. The van der Waals surface area contributed by atoms with Crippen molar-refractivity contribution in [3.63, 3.8) is 0 Å². The minimum absolute atomic E-state index is 0.250. The predicted molar refractivity (Wildman–Crippen MR) is 90.1 cm³/mol. The summed E-state index contributed by atoms with van der Waals surface area (Å²) in [6.07, 6.45) is 5.14. The molecular formula is C18H23FN4O. The van der Waals surface area contributed by atoms with E-state index in [0.29, 0.717) is 17.3 Å². The van der Waals surface area contributed by atoms with Crippen molar-refractivity contribution < 1.29 is 9.18 Å². The Hall–Kier alpha value is -1.95. The fourth-order valence-electron chi connectivity index (χ4n) is 3.57. The third-order valence-corrected chi connectivity index (χ3v) is 5.38. The molecule has 6 heteroatoms. The van der Waals surface area contributed by atoms with Gasteiger partial charge in [0.05, 0.1) is 17.4 Å². The average Bonchev–Trinajstić information content (AvgIpc) is 2.94. The topological polar surface area (TPSA) is 41.4 Å². The number of carbonyl (C=O) groups is 1. The summed E-state index contributed by atoms with van der Waals surface area (Å²) in [5.74, 6) is 0.415. The van der Waals surface area contributed by atoms with Crippen LogP contribution >= 0.6 is 0 Å². The Balaban J connectivity index is 1.30. The minimum Gasteiger partial charge on any atom is -0.340 e. The third-order valence-electron chi connectivity index (χ3n) is 5.38. The highest BCUT2D eigenvalue weighted by atomic mass is 19.1. The number of amides is 1. The Morgan fingerprint density at radius 3 is 2.67 bits per heavy atom. The van der Waals surface area contributed by atoms with Gasteiger partial charge in [0.15, 0.2) is 0 Å². The summed E-state index contributed by atoms with van der Waals surface area (Å²) in [6, 6.07) is 4.73.